The van der Waals surface area contributed by atoms with E-state index in [4.69, 9.17) is 10.5 Å². The van der Waals surface area contributed by atoms with E-state index in [1.807, 2.05) is 11.3 Å². The molecule has 0 spiro atoms. The maximum Gasteiger partial charge on any atom is 0.0702 e. The van der Waals surface area contributed by atoms with Gasteiger partial charge in [-0.05, 0) is 56.7 Å². The van der Waals surface area contributed by atoms with Gasteiger partial charge in [-0.3, -0.25) is 4.90 Å². The summed E-state index contributed by atoms with van der Waals surface area (Å²) in [6, 6.07) is 2.69. The Morgan fingerprint density at radius 3 is 2.85 bits per heavy atom. The summed E-state index contributed by atoms with van der Waals surface area (Å²) in [6.07, 6.45) is 5.06. The van der Waals surface area contributed by atoms with Crippen molar-refractivity contribution < 1.29 is 4.74 Å². The van der Waals surface area contributed by atoms with Gasteiger partial charge in [0.15, 0.2) is 0 Å². The van der Waals surface area contributed by atoms with Crippen LogP contribution in [0.25, 0.3) is 0 Å². The zero-order chi connectivity index (χ0) is 14.5. The quantitative estimate of drug-likeness (QED) is 0.875. The number of hydrogen-bond donors (Lipinski definition) is 1. The molecule has 20 heavy (non-hydrogen) atoms. The smallest absolute Gasteiger partial charge is 0.0702 e. The molecule has 0 aromatic carbocycles. The fourth-order valence-corrected chi connectivity index (χ4v) is 4.19. The minimum absolute atomic E-state index is 0.181. The van der Waals surface area contributed by atoms with Crippen molar-refractivity contribution in [1.82, 2.24) is 4.90 Å². The summed E-state index contributed by atoms with van der Waals surface area (Å²) in [6.45, 7) is 6.26. The molecule has 2 rings (SSSR count). The summed E-state index contributed by atoms with van der Waals surface area (Å²) in [5, 5.41) is 2.17. The first kappa shape index (κ1) is 16.0. The molecule has 3 unspecified atom stereocenters. The van der Waals surface area contributed by atoms with Crippen LogP contribution >= 0.6 is 11.3 Å². The predicted octanol–water partition coefficient (Wildman–Crippen LogP) is 3.34. The van der Waals surface area contributed by atoms with Crippen LogP contribution in [-0.4, -0.2) is 37.2 Å². The highest BCUT2D eigenvalue weighted by atomic mass is 32.1. The van der Waals surface area contributed by atoms with Gasteiger partial charge in [0.25, 0.3) is 0 Å². The van der Waals surface area contributed by atoms with Crippen LogP contribution < -0.4 is 5.73 Å². The summed E-state index contributed by atoms with van der Waals surface area (Å²) in [5.74, 6) is 0. The molecule has 3 atom stereocenters. The van der Waals surface area contributed by atoms with Gasteiger partial charge in [0, 0.05) is 24.1 Å². The summed E-state index contributed by atoms with van der Waals surface area (Å²) < 4.78 is 5.88. The van der Waals surface area contributed by atoms with Gasteiger partial charge >= 0.3 is 0 Å². The molecule has 1 aliphatic rings. The average molecular weight is 296 g/mol. The van der Waals surface area contributed by atoms with Gasteiger partial charge < -0.3 is 10.5 Å². The zero-order valence-electron chi connectivity index (χ0n) is 13.0. The molecule has 2 heterocycles. The molecular weight excluding hydrogens is 268 g/mol. The first-order chi connectivity index (χ1) is 9.63. The standard InChI is InChI=1S/C16H28N2OS/c1-4-14(17)15(16-12(2)8-10-20-16)18(3)11-13-7-5-6-9-19-13/h8,10,13-15H,4-7,9,11,17H2,1-3H3. The number of aryl methyl sites for hydroxylation is 1. The molecule has 4 heteroatoms. The topological polar surface area (TPSA) is 38.5 Å². The van der Waals surface area contributed by atoms with Gasteiger partial charge in [-0.2, -0.15) is 0 Å². The maximum atomic E-state index is 6.41. The van der Waals surface area contributed by atoms with Crippen LogP contribution in [0.3, 0.4) is 0 Å². The van der Waals surface area contributed by atoms with Gasteiger partial charge in [-0.1, -0.05) is 6.92 Å². The molecule has 0 aliphatic carbocycles. The van der Waals surface area contributed by atoms with E-state index in [2.05, 4.69) is 37.2 Å². The summed E-state index contributed by atoms with van der Waals surface area (Å²) in [4.78, 5) is 3.82. The fourth-order valence-electron chi connectivity index (χ4n) is 3.02. The first-order valence-electron chi connectivity index (χ1n) is 7.75. The zero-order valence-corrected chi connectivity index (χ0v) is 13.8. The molecule has 0 bridgehead atoms. The molecule has 0 amide bonds. The van der Waals surface area contributed by atoms with Gasteiger partial charge in [-0.25, -0.2) is 0 Å². The Morgan fingerprint density at radius 1 is 1.50 bits per heavy atom. The molecule has 0 saturated carbocycles. The summed E-state index contributed by atoms with van der Waals surface area (Å²) >= 11 is 1.83. The van der Waals surface area contributed by atoms with Crippen molar-refractivity contribution in [2.45, 2.75) is 57.7 Å². The van der Waals surface area contributed by atoms with E-state index in [0.717, 1.165) is 19.6 Å². The van der Waals surface area contributed by atoms with Gasteiger partial charge in [0.1, 0.15) is 0 Å². The minimum atomic E-state index is 0.181. The number of ether oxygens (including phenoxy) is 1. The van der Waals surface area contributed by atoms with Gasteiger partial charge in [0.05, 0.1) is 12.1 Å². The van der Waals surface area contributed by atoms with Crippen LogP contribution in [0.1, 0.15) is 49.1 Å². The van der Waals surface area contributed by atoms with Crippen molar-refractivity contribution in [3.8, 4) is 0 Å². The maximum absolute atomic E-state index is 6.41. The van der Waals surface area contributed by atoms with E-state index in [1.165, 1.54) is 29.7 Å². The van der Waals surface area contributed by atoms with Crippen LogP contribution in [0.2, 0.25) is 0 Å². The number of rotatable bonds is 6. The predicted molar refractivity (Wildman–Crippen MR) is 86.3 cm³/mol. The summed E-state index contributed by atoms with van der Waals surface area (Å²) in [7, 11) is 2.19. The molecule has 1 aliphatic heterocycles. The Kier molecular flexibility index (Phi) is 6.02. The highest BCUT2D eigenvalue weighted by Crippen LogP contribution is 2.31. The third kappa shape index (κ3) is 3.82. The highest BCUT2D eigenvalue weighted by Gasteiger charge is 2.28. The van der Waals surface area contributed by atoms with Crippen LogP contribution in [0.5, 0.6) is 0 Å². The lowest BCUT2D eigenvalue weighted by molar-refractivity contribution is -0.0101. The number of nitrogens with two attached hydrogens (primary N) is 1. The summed E-state index contributed by atoms with van der Waals surface area (Å²) in [5.41, 5.74) is 7.77. The highest BCUT2D eigenvalue weighted by molar-refractivity contribution is 7.10. The Bertz CT molecular complexity index is 401. The van der Waals surface area contributed by atoms with Crippen LogP contribution in [0.15, 0.2) is 11.4 Å². The number of hydrogen-bond acceptors (Lipinski definition) is 4. The molecule has 1 saturated heterocycles. The first-order valence-corrected chi connectivity index (χ1v) is 8.62. The van der Waals surface area contributed by atoms with Crippen molar-refractivity contribution in [3.05, 3.63) is 21.9 Å². The van der Waals surface area contributed by atoms with Crippen LogP contribution in [-0.2, 0) is 4.74 Å². The van der Waals surface area contributed by atoms with Crippen LogP contribution in [0.4, 0.5) is 0 Å². The average Bonchev–Trinajstić information content (AvgIpc) is 2.86. The van der Waals surface area contributed by atoms with E-state index in [9.17, 15) is 0 Å². The lowest BCUT2D eigenvalue weighted by Crippen LogP contribution is -2.43. The Hall–Kier alpha value is -0.420. The van der Waals surface area contributed by atoms with E-state index >= 15 is 0 Å². The van der Waals surface area contributed by atoms with Crippen molar-refractivity contribution in [2.75, 3.05) is 20.2 Å². The van der Waals surface area contributed by atoms with E-state index in [0.29, 0.717) is 12.1 Å². The fraction of sp³-hybridized carbons (Fsp3) is 0.750. The largest absolute Gasteiger partial charge is 0.377 e. The van der Waals surface area contributed by atoms with E-state index < -0.39 is 0 Å². The molecular formula is C16H28N2OS. The Labute approximate surface area is 127 Å². The normalized spacial score (nSPS) is 22.9. The molecule has 3 nitrogen and oxygen atoms in total. The SMILES string of the molecule is CCC(N)C(c1sccc1C)N(C)CC1CCCCO1. The van der Waals surface area contributed by atoms with E-state index in [1.54, 1.807) is 0 Å². The third-order valence-corrected chi connectivity index (χ3v) is 5.38. The van der Waals surface area contributed by atoms with Gasteiger partial charge in [0.2, 0.25) is 0 Å². The monoisotopic (exact) mass is 296 g/mol. The van der Waals surface area contributed by atoms with Crippen LogP contribution in [0, 0.1) is 6.92 Å². The lowest BCUT2D eigenvalue weighted by Gasteiger charge is -2.35. The number of nitrogens with zero attached hydrogens (tertiary/aromatic N) is 1. The lowest BCUT2D eigenvalue weighted by atomic mass is 10.00. The molecule has 0 radical (unpaired) electrons. The van der Waals surface area contributed by atoms with Crippen molar-refractivity contribution in [3.63, 3.8) is 0 Å². The number of thiophene rings is 1. The van der Waals surface area contributed by atoms with Crippen molar-refractivity contribution >= 4 is 11.3 Å². The second-order valence-electron chi connectivity index (χ2n) is 5.91. The molecule has 1 fully saturated rings. The molecule has 1 aromatic heterocycles. The second kappa shape index (κ2) is 7.55. The van der Waals surface area contributed by atoms with Gasteiger partial charge in [-0.15, -0.1) is 11.3 Å². The van der Waals surface area contributed by atoms with Crippen molar-refractivity contribution in [2.24, 2.45) is 5.73 Å². The Balaban J connectivity index is 2.07. The molecule has 114 valence electrons. The second-order valence-corrected chi connectivity index (χ2v) is 6.86. The Morgan fingerprint density at radius 2 is 2.30 bits per heavy atom. The molecule has 1 aromatic rings. The van der Waals surface area contributed by atoms with E-state index in [-0.39, 0.29) is 6.04 Å². The third-order valence-electron chi connectivity index (χ3n) is 4.29. The molecule has 2 N–H and O–H groups in total. The number of likely N-dealkylation sites (N-methyl/N-ethyl adjacent to an activating group) is 1. The van der Waals surface area contributed by atoms with Crippen molar-refractivity contribution in [1.29, 1.82) is 0 Å². The minimum Gasteiger partial charge on any atom is -0.377 e.